The summed E-state index contributed by atoms with van der Waals surface area (Å²) in [5.41, 5.74) is 2.43. The number of aryl methyl sites for hydroxylation is 1. The molecule has 4 heteroatoms. The molecule has 0 atom stereocenters. The van der Waals surface area contributed by atoms with Gasteiger partial charge in [-0.2, -0.15) is 0 Å². The van der Waals surface area contributed by atoms with Gasteiger partial charge in [0.2, 0.25) is 5.91 Å². The summed E-state index contributed by atoms with van der Waals surface area (Å²) in [6.45, 7) is 3.62. The Bertz CT molecular complexity index is 504. The summed E-state index contributed by atoms with van der Waals surface area (Å²) in [7, 11) is 0. The van der Waals surface area contributed by atoms with Crippen LogP contribution in [0.1, 0.15) is 40.7 Å². The van der Waals surface area contributed by atoms with Gasteiger partial charge in [-0.05, 0) is 55.9 Å². The maximum atomic E-state index is 11.7. The predicted octanol–water partition coefficient (Wildman–Crippen LogP) is 2.74. The van der Waals surface area contributed by atoms with E-state index in [4.69, 9.17) is 5.11 Å². The lowest BCUT2D eigenvalue weighted by Gasteiger charge is -2.10. The molecule has 1 aliphatic rings. The van der Waals surface area contributed by atoms with E-state index in [2.05, 4.69) is 5.32 Å². The fourth-order valence-electron chi connectivity index (χ4n) is 1.95. The van der Waals surface area contributed by atoms with Crippen LogP contribution in [0.2, 0.25) is 0 Å². The number of rotatable bonds is 4. The normalized spacial score (nSPS) is 14.3. The Hall–Kier alpha value is -1.84. The van der Waals surface area contributed by atoms with E-state index in [9.17, 15) is 9.59 Å². The van der Waals surface area contributed by atoms with E-state index in [1.807, 2.05) is 13.0 Å². The number of hydrogen-bond donors (Lipinski definition) is 2. The molecule has 2 rings (SSSR count). The van der Waals surface area contributed by atoms with Gasteiger partial charge in [-0.3, -0.25) is 4.79 Å². The highest BCUT2D eigenvalue weighted by Gasteiger charge is 2.24. The van der Waals surface area contributed by atoms with Gasteiger partial charge in [0.15, 0.2) is 0 Å². The zero-order valence-corrected chi connectivity index (χ0v) is 10.6. The first-order valence-electron chi connectivity index (χ1n) is 6.11. The Labute approximate surface area is 106 Å². The fourth-order valence-corrected chi connectivity index (χ4v) is 1.95. The monoisotopic (exact) mass is 247 g/mol. The lowest BCUT2D eigenvalue weighted by molar-refractivity contribution is -0.116. The summed E-state index contributed by atoms with van der Waals surface area (Å²) in [6, 6.07) is 3.34. The molecule has 0 aliphatic heterocycles. The van der Waals surface area contributed by atoms with E-state index >= 15 is 0 Å². The van der Waals surface area contributed by atoms with Crippen molar-refractivity contribution in [2.24, 2.45) is 5.92 Å². The van der Waals surface area contributed by atoms with Crippen LogP contribution in [0.15, 0.2) is 12.1 Å². The Balaban J connectivity index is 2.16. The number of benzene rings is 1. The second-order valence-corrected chi connectivity index (χ2v) is 4.97. The molecule has 1 saturated carbocycles. The maximum absolute atomic E-state index is 11.7. The Morgan fingerprint density at radius 2 is 2.00 bits per heavy atom. The number of nitrogens with one attached hydrogen (secondary N) is 1. The van der Waals surface area contributed by atoms with Crippen molar-refractivity contribution in [3.63, 3.8) is 0 Å². The van der Waals surface area contributed by atoms with Crippen LogP contribution in [-0.2, 0) is 4.79 Å². The molecular weight excluding hydrogens is 230 g/mol. The first kappa shape index (κ1) is 12.6. The first-order valence-corrected chi connectivity index (χ1v) is 6.11. The smallest absolute Gasteiger partial charge is 0.336 e. The van der Waals surface area contributed by atoms with E-state index in [0.29, 0.717) is 18.0 Å². The van der Waals surface area contributed by atoms with E-state index in [1.165, 1.54) is 6.07 Å². The third-order valence-corrected chi connectivity index (χ3v) is 3.35. The number of aromatic carboxylic acids is 1. The van der Waals surface area contributed by atoms with Crippen molar-refractivity contribution in [1.82, 2.24) is 0 Å². The quantitative estimate of drug-likeness (QED) is 0.859. The minimum absolute atomic E-state index is 0.0305. The second-order valence-electron chi connectivity index (χ2n) is 4.97. The lowest BCUT2D eigenvalue weighted by Crippen LogP contribution is -2.13. The van der Waals surface area contributed by atoms with Crippen LogP contribution in [0.3, 0.4) is 0 Å². The topological polar surface area (TPSA) is 66.4 Å². The second kappa shape index (κ2) is 4.80. The van der Waals surface area contributed by atoms with Crippen molar-refractivity contribution in [3.8, 4) is 0 Å². The average molecular weight is 247 g/mol. The Morgan fingerprint density at radius 3 is 2.56 bits per heavy atom. The minimum atomic E-state index is -0.964. The van der Waals surface area contributed by atoms with E-state index in [1.54, 1.807) is 6.92 Å². The van der Waals surface area contributed by atoms with Gasteiger partial charge >= 0.3 is 5.97 Å². The molecule has 1 fully saturated rings. The molecular formula is C14H17NO3. The molecule has 18 heavy (non-hydrogen) atoms. The number of hydrogen-bond acceptors (Lipinski definition) is 2. The van der Waals surface area contributed by atoms with E-state index < -0.39 is 5.97 Å². The molecule has 0 aromatic heterocycles. The standard InChI is InChI=1S/C14H17NO3/c1-8-5-11(7-12(9(8)2)14(17)18)15-13(16)6-10-3-4-10/h5,7,10H,3-4,6H2,1-2H3,(H,15,16)(H,17,18). The third kappa shape index (κ3) is 2.88. The van der Waals surface area contributed by atoms with Crippen LogP contribution in [0.4, 0.5) is 5.69 Å². The van der Waals surface area contributed by atoms with E-state index in [-0.39, 0.29) is 11.5 Å². The van der Waals surface area contributed by atoms with Crippen LogP contribution >= 0.6 is 0 Å². The summed E-state index contributed by atoms with van der Waals surface area (Å²) in [5.74, 6) is -0.471. The largest absolute Gasteiger partial charge is 0.478 e. The number of amides is 1. The summed E-state index contributed by atoms with van der Waals surface area (Å²) in [4.78, 5) is 22.8. The zero-order valence-electron chi connectivity index (χ0n) is 10.6. The van der Waals surface area contributed by atoms with Gasteiger partial charge in [0.25, 0.3) is 0 Å². The van der Waals surface area contributed by atoms with Gasteiger partial charge in [-0.1, -0.05) is 0 Å². The molecule has 2 N–H and O–H groups in total. The molecule has 0 saturated heterocycles. The number of carbonyl (C=O) groups excluding carboxylic acids is 1. The van der Waals surface area contributed by atoms with Crippen molar-refractivity contribution >= 4 is 17.6 Å². The van der Waals surface area contributed by atoms with Crippen molar-refractivity contribution < 1.29 is 14.7 Å². The SMILES string of the molecule is Cc1cc(NC(=O)CC2CC2)cc(C(=O)O)c1C. The molecule has 1 amide bonds. The zero-order chi connectivity index (χ0) is 13.3. The van der Waals surface area contributed by atoms with Gasteiger partial charge in [0.1, 0.15) is 0 Å². The molecule has 1 aromatic carbocycles. The number of carboxylic acid groups (broad SMARTS) is 1. The average Bonchev–Trinajstić information content (AvgIpc) is 3.06. The number of anilines is 1. The van der Waals surface area contributed by atoms with Gasteiger partial charge < -0.3 is 10.4 Å². The highest BCUT2D eigenvalue weighted by Crippen LogP contribution is 2.32. The van der Waals surface area contributed by atoms with Crippen molar-refractivity contribution in [2.45, 2.75) is 33.1 Å². The highest BCUT2D eigenvalue weighted by molar-refractivity contribution is 5.95. The van der Waals surface area contributed by atoms with Crippen molar-refractivity contribution in [2.75, 3.05) is 5.32 Å². The molecule has 4 nitrogen and oxygen atoms in total. The third-order valence-electron chi connectivity index (χ3n) is 3.35. The summed E-state index contributed by atoms with van der Waals surface area (Å²) in [5, 5.41) is 11.9. The Kier molecular flexibility index (Phi) is 3.36. The fraction of sp³-hybridized carbons (Fsp3) is 0.429. The van der Waals surface area contributed by atoms with Crippen LogP contribution in [0.5, 0.6) is 0 Å². The van der Waals surface area contributed by atoms with Crippen molar-refractivity contribution in [1.29, 1.82) is 0 Å². The van der Waals surface area contributed by atoms with Gasteiger partial charge in [0.05, 0.1) is 5.56 Å². The van der Waals surface area contributed by atoms with Gasteiger partial charge in [-0.25, -0.2) is 4.79 Å². The molecule has 0 unspecified atom stereocenters. The molecule has 96 valence electrons. The van der Waals surface area contributed by atoms with E-state index in [0.717, 1.165) is 24.0 Å². The number of carboxylic acids is 1. The number of carbonyl (C=O) groups is 2. The molecule has 0 heterocycles. The highest BCUT2D eigenvalue weighted by atomic mass is 16.4. The van der Waals surface area contributed by atoms with Crippen LogP contribution in [-0.4, -0.2) is 17.0 Å². The van der Waals surface area contributed by atoms with Crippen LogP contribution < -0.4 is 5.32 Å². The van der Waals surface area contributed by atoms with Crippen LogP contribution in [0, 0.1) is 19.8 Å². The molecule has 0 radical (unpaired) electrons. The van der Waals surface area contributed by atoms with Gasteiger partial charge in [0, 0.05) is 12.1 Å². The maximum Gasteiger partial charge on any atom is 0.336 e. The first-order chi connectivity index (χ1) is 8.47. The summed E-state index contributed by atoms with van der Waals surface area (Å²) in [6.07, 6.45) is 2.79. The molecule has 1 aromatic rings. The molecule has 0 bridgehead atoms. The Morgan fingerprint density at radius 1 is 1.33 bits per heavy atom. The van der Waals surface area contributed by atoms with Crippen molar-refractivity contribution in [3.05, 3.63) is 28.8 Å². The summed E-state index contributed by atoms with van der Waals surface area (Å²) < 4.78 is 0. The molecule has 1 aliphatic carbocycles. The minimum Gasteiger partial charge on any atom is -0.478 e. The van der Waals surface area contributed by atoms with Gasteiger partial charge in [-0.15, -0.1) is 0 Å². The summed E-state index contributed by atoms with van der Waals surface area (Å²) >= 11 is 0. The van der Waals surface area contributed by atoms with Crippen LogP contribution in [0.25, 0.3) is 0 Å². The lowest BCUT2D eigenvalue weighted by atomic mass is 10.0. The predicted molar refractivity (Wildman–Crippen MR) is 68.8 cm³/mol. The molecule has 0 spiro atoms.